The number of anilines is 1. The van der Waals surface area contributed by atoms with Gasteiger partial charge in [0.1, 0.15) is 5.75 Å². The number of non-ortho nitro benzene ring substituents is 1. The summed E-state index contributed by atoms with van der Waals surface area (Å²) in [5.74, 6) is 0.272. The maximum atomic E-state index is 12.1. The zero-order valence-electron chi connectivity index (χ0n) is 16.2. The Hall–Kier alpha value is -3.13. The van der Waals surface area contributed by atoms with E-state index in [-0.39, 0.29) is 29.7 Å². The third-order valence-corrected chi connectivity index (χ3v) is 5.51. The Labute approximate surface area is 167 Å². The second-order valence-electron chi connectivity index (χ2n) is 7.07. The molecule has 3 atom stereocenters. The molecule has 152 valence electrons. The van der Waals surface area contributed by atoms with Crippen LogP contribution in [0.3, 0.4) is 0 Å². The van der Waals surface area contributed by atoms with Gasteiger partial charge in [-0.2, -0.15) is 0 Å². The van der Waals surface area contributed by atoms with E-state index in [1.807, 2.05) is 12.1 Å². The Balaban J connectivity index is 1.76. The predicted molar refractivity (Wildman–Crippen MR) is 105 cm³/mol. The van der Waals surface area contributed by atoms with E-state index >= 15 is 0 Å². The number of ether oxygens (including phenoxy) is 3. The molecule has 0 saturated carbocycles. The molecule has 2 heterocycles. The van der Waals surface area contributed by atoms with Crippen molar-refractivity contribution in [1.29, 1.82) is 0 Å². The number of hydrogen-bond donors (Lipinski definition) is 1. The molecule has 1 saturated heterocycles. The van der Waals surface area contributed by atoms with Gasteiger partial charge in [-0.25, -0.2) is 4.79 Å². The Morgan fingerprint density at radius 3 is 2.83 bits per heavy atom. The maximum absolute atomic E-state index is 12.1. The van der Waals surface area contributed by atoms with Crippen molar-refractivity contribution >= 4 is 17.3 Å². The van der Waals surface area contributed by atoms with Crippen LogP contribution in [0.15, 0.2) is 36.4 Å². The van der Waals surface area contributed by atoms with Crippen LogP contribution in [0, 0.1) is 16.0 Å². The number of nitro groups is 1. The molecule has 0 aromatic heterocycles. The van der Waals surface area contributed by atoms with Gasteiger partial charge in [0.25, 0.3) is 5.69 Å². The lowest BCUT2D eigenvalue weighted by Crippen LogP contribution is -2.30. The number of benzene rings is 2. The molecule has 0 bridgehead atoms. The van der Waals surface area contributed by atoms with Gasteiger partial charge in [-0.15, -0.1) is 0 Å². The lowest BCUT2D eigenvalue weighted by atomic mass is 9.80. The van der Waals surface area contributed by atoms with Crippen LogP contribution in [0.25, 0.3) is 0 Å². The highest BCUT2D eigenvalue weighted by atomic mass is 16.6. The molecule has 2 aromatic carbocycles. The Morgan fingerprint density at radius 1 is 1.28 bits per heavy atom. The number of nitro benzene ring substituents is 1. The SMILES string of the molecule is CCOC(=O)c1ccc2c(c1)[C@@H]1OCC[C@@H]1[C@H](c1cc([N+](=O)[O-])ccc1OC)N2. The molecule has 2 aliphatic rings. The summed E-state index contributed by atoms with van der Waals surface area (Å²) in [5.41, 5.74) is 2.95. The number of hydrogen-bond acceptors (Lipinski definition) is 7. The number of rotatable bonds is 5. The fourth-order valence-corrected chi connectivity index (χ4v) is 4.20. The Kier molecular flexibility index (Phi) is 5.10. The van der Waals surface area contributed by atoms with Crippen molar-refractivity contribution < 1.29 is 23.9 Å². The number of methoxy groups -OCH3 is 1. The molecular weight excluding hydrogens is 376 g/mol. The van der Waals surface area contributed by atoms with Crippen LogP contribution < -0.4 is 10.1 Å². The van der Waals surface area contributed by atoms with Crippen LogP contribution in [-0.2, 0) is 9.47 Å². The number of esters is 1. The third-order valence-electron chi connectivity index (χ3n) is 5.51. The van der Waals surface area contributed by atoms with Gasteiger partial charge in [0.2, 0.25) is 0 Å². The van der Waals surface area contributed by atoms with Gasteiger partial charge in [0.15, 0.2) is 0 Å². The van der Waals surface area contributed by atoms with Gasteiger partial charge in [0.05, 0.1) is 36.3 Å². The zero-order chi connectivity index (χ0) is 20.5. The minimum Gasteiger partial charge on any atom is -0.496 e. The number of carbonyl (C=O) groups is 1. The summed E-state index contributed by atoms with van der Waals surface area (Å²) in [7, 11) is 1.55. The third kappa shape index (κ3) is 3.40. The van der Waals surface area contributed by atoms with Crippen LogP contribution in [-0.4, -0.2) is 31.2 Å². The van der Waals surface area contributed by atoms with Crippen molar-refractivity contribution in [3.05, 3.63) is 63.2 Å². The molecule has 29 heavy (non-hydrogen) atoms. The molecule has 0 unspecified atom stereocenters. The number of fused-ring (bicyclic) bond motifs is 3. The molecule has 4 rings (SSSR count). The fourth-order valence-electron chi connectivity index (χ4n) is 4.20. The molecule has 8 heteroatoms. The van der Waals surface area contributed by atoms with Crippen molar-refractivity contribution in [2.45, 2.75) is 25.5 Å². The highest BCUT2D eigenvalue weighted by Crippen LogP contribution is 2.51. The molecule has 1 fully saturated rings. The molecule has 2 aromatic rings. The molecule has 8 nitrogen and oxygen atoms in total. The molecule has 0 radical (unpaired) electrons. The second-order valence-corrected chi connectivity index (χ2v) is 7.07. The first-order valence-electron chi connectivity index (χ1n) is 9.55. The lowest BCUT2D eigenvalue weighted by Gasteiger charge is -2.37. The van der Waals surface area contributed by atoms with Gasteiger partial charge in [-0.1, -0.05) is 0 Å². The first-order valence-corrected chi connectivity index (χ1v) is 9.55. The van der Waals surface area contributed by atoms with Gasteiger partial charge in [-0.05, 0) is 37.6 Å². The number of carbonyl (C=O) groups excluding carboxylic acids is 1. The Morgan fingerprint density at radius 2 is 2.10 bits per heavy atom. The van der Waals surface area contributed by atoms with E-state index in [2.05, 4.69) is 5.32 Å². The largest absolute Gasteiger partial charge is 0.496 e. The minimum absolute atomic E-state index is 0.0153. The monoisotopic (exact) mass is 398 g/mol. The van der Waals surface area contributed by atoms with Crippen molar-refractivity contribution in [3.8, 4) is 5.75 Å². The van der Waals surface area contributed by atoms with Crippen LogP contribution >= 0.6 is 0 Å². The first kappa shape index (κ1) is 19.2. The second kappa shape index (κ2) is 7.71. The van der Waals surface area contributed by atoms with E-state index < -0.39 is 4.92 Å². The normalized spacial score (nSPS) is 22.2. The van der Waals surface area contributed by atoms with Gasteiger partial charge in [-0.3, -0.25) is 10.1 Å². The quantitative estimate of drug-likeness (QED) is 0.461. The summed E-state index contributed by atoms with van der Waals surface area (Å²) in [6.45, 7) is 2.66. The summed E-state index contributed by atoms with van der Waals surface area (Å²) in [6, 6.07) is 9.76. The molecular formula is C21H22N2O6. The molecule has 0 amide bonds. The lowest BCUT2D eigenvalue weighted by molar-refractivity contribution is -0.385. The van der Waals surface area contributed by atoms with E-state index in [0.29, 0.717) is 24.5 Å². The van der Waals surface area contributed by atoms with E-state index in [1.54, 1.807) is 32.2 Å². The smallest absolute Gasteiger partial charge is 0.338 e. The number of nitrogens with one attached hydrogen (secondary N) is 1. The predicted octanol–water partition coefficient (Wildman–Crippen LogP) is 4.02. The van der Waals surface area contributed by atoms with E-state index in [9.17, 15) is 14.9 Å². The molecule has 1 N–H and O–H groups in total. The fraction of sp³-hybridized carbons (Fsp3) is 0.381. The average Bonchev–Trinajstić information content (AvgIpc) is 3.22. The molecule has 0 spiro atoms. The summed E-state index contributed by atoms with van der Waals surface area (Å²) >= 11 is 0. The van der Waals surface area contributed by atoms with Crippen LogP contribution in [0.4, 0.5) is 11.4 Å². The summed E-state index contributed by atoms with van der Waals surface area (Å²) in [5, 5.41) is 14.8. The van der Waals surface area contributed by atoms with Crippen LogP contribution in [0.2, 0.25) is 0 Å². The topological polar surface area (TPSA) is 99.9 Å². The van der Waals surface area contributed by atoms with Crippen molar-refractivity contribution in [1.82, 2.24) is 0 Å². The van der Waals surface area contributed by atoms with Crippen LogP contribution in [0.5, 0.6) is 5.75 Å². The van der Waals surface area contributed by atoms with Crippen LogP contribution in [0.1, 0.15) is 47.0 Å². The van der Waals surface area contributed by atoms with Crippen molar-refractivity contribution in [2.75, 3.05) is 25.6 Å². The molecule has 2 aliphatic heterocycles. The van der Waals surface area contributed by atoms with E-state index in [1.165, 1.54) is 6.07 Å². The van der Waals surface area contributed by atoms with E-state index in [4.69, 9.17) is 14.2 Å². The first-order chi connectivity index (χ1) is 14.0. The summed E-state index contributed by atoms with van der Waals surface area (Å²) < 4.78 is 16.6. The van der Waals surface area contributed by atoms with Crippen molar-refractivity contribution in [2.24, 2.45) is 5.92 Å². The molecule has 0 aliphatic carbocycles. The summed E-state index contributed by atoms with van der Waals surface area (Å²) in [4.78, 5) is 23.0. The van der Waals surface area contributed by atoms with Gasteiger partial charge < -0.3 is 19.5 Å². The highest BCUT2D eigenvalue weighted by Gasteiger charge is 2.43. The minimum atomic E-state index is -0.409. The number of nitrogens with zero attached hydrogens (tertiary/aromatic N) is 1. The summed E-state index contributed by atoms with van der Waals surface area (Å²) in [6.07, 6.45) is 0.576. The van der Waals surface area contributed by atoms with E-state index in [0.717, 1.165) is 23.2 Å². The standard InChI is InChI=1S/C21H22N2O6/c1-3-28-21(24)12-4-6-17-15(10-12)20-14(8-9-29-20)19(22-17)16-11-13(23(25)26)5-7-18(16)27-2/h4-7,10-11,14,19-20,22H,3,8-9H2,1-2H3/t14-,19-,20-/m1/s1. The highest BCUT2D eigenvalue weighted by molar-refractivity contribution is 5.90. The Bertz CT molecular complexity index is 960. The maximum Gasteiger partial charge on any atom is 0.338 e. The van der Waals surface area contributed by atoms with Crippen molar-refractivity contribution in [3.63, 3.8) is 0 Å². The van der Waals surface area contributed by atoms with Gasteiger partial charge in [0, 0.05) is 41.5 Å². The average molecular weight is 398 g/mol. The zero-order valence-corrected chi connectivity index (χ0v) is 16.2. The van der Waals surface area contributed by atoms with Gasteiger partial charge >= 0.3 is 5.97 Å².